The Hall–Kier alpha value is -0.880. The zero-order valence-electron chi connectivity index (χ0n) is 11.8. The smallest absolute Gasteiger partial charge is 0.223 e. The van der Waals surface area contributed by atoms with Crippen LogP contribution in [0.2, 0.25) is 0 Å². The van der Waals surface area contributed by atoms with Gasteiger partial charge in [0.05, 0.1) is 6.10 Å². The van der Waals surface area contributed by atoms with Crippen LogP contribution in [0.1, 0.15) is 24.8 Å². The van der Waals surface area contributed by atoms with Crippen molar-refractivity contribution in [2.24, 2.45) is 11.7 Å². The summed E-state index contributed by atoms with van der Waals surface area (Å²) in [6.45, 7) is 0.613. The summed E-state index contributed by atoms with van der Waals surface area (Å²) in [6.07, 6.45) is 5.69. The number of rotatable bonds is 4. The third kappa shape index (κ3) is 6.18. The van der Waals surface area contributed by atoms with Gasteiger partial charge in [0.2, 0.25) is 5.91 Å². The van der Waals surface area contributed by atoms with Crippen LogP contribution in [-0.4, -0.2) is 34.7 Å². The maximum Gasteiger partial charge on any atom is 0.223 e. The van der Waals surface area contributed by atoms with Gasteiger partial charge in [-0.2, -0.15) is 0 Å². The highest BCUT2D eigenvalue weighted by molar-refractivity contribution is 5.85. The number of nitrogens with two attached hydrogens (primary N) is 1. The first-order chi connectivity index (χ1) is 9.16. The average molecular weight is 336 g/mol. The van der Waals surface area contributed by atoms with Gasteiger partial charge in [0.15, 0.2) is 0 Å². The van der Waals surface area contributed by atoms with E-state index in [9.17, 15) is 9.90 Å². The molecule has 7 heteroatoms. The Labute approximate surface area is 137 Å². The molecule has 1 saturated carbocycles. The van der Waals surface area contributed by atoms with Crippen LogP contribution in [0.25, 0.3) is 0 Å². The van der Waals surface area contributed by atoms with Crippen molar-refractivity contribution in [2.75, 3.05) is 6.54 Å². The highest BCUT2D eigenvalue weighted by atomic mass is 35.5. The molecule has 0 spiro atoms. The van der Waals surface area contributed by atoms with Crippen molar-refractivity contribution < 1.29 is 9.90 Å². The van der Waals surface area contributed by atoms with Crippen LogP contribution in [0.5, 0.6) is 0 Å². The van der Waals surface area contributed by atoms with Gasteiger partial charge in [0, 0.05) is 30.9 Å². The van der Waals surface area contributed by atoms with Gasteiger partial charge in [-0.25, -0.2) is 0 Å². The van der Waals surface area contributed by atoms with E-state index < -0.39 is 6.10 Å². The summed E-state index contributed by atoms with van der Waals surface area (Å²) in [5.74, 6) is -0.0766. The molecule has 1 fully saturated rings. The molecule has 1 aliphatic rings. The van der Waals surface area contributed by atoms with E-state index in [0.29, 0.717) is 19.4 Å². The number of halogens is 2. The minimum Gasteiger partial charge on any atom is -0.391 e. The van der Waals surface area contributed by atoms with Crippen molar-refractivity contribution >= 4 is 30.7 Å². The molecule has 120 valence electrons. The molecule has 0 saturated heterocycles. The highest BCUT2D eigenvalue weighted by Crippen LogP contribution is 2.23. The van der Waals surface area contributed by atoms with Crippen molar-refractivity contribution in [3.8, 4) is 0 Å². The molecule has 3 atom stereocenters. The molecule has 1 aromatic heterocycles. The van der Waals surface area contributed by atoms with Crippen molar-refractivity contribution in [2.45, 2.75) is 37.8 Å². The lowest BCUT2D eigenvalue weighted by Crippen LogP contribution is -2.44. The largest absolute Gasteiger partial charge is 0.391 e. The SMILES string of the molecule is Cl.Cl.N[C@@H]1CC[C@H](C(=O)NCCc2ccncc2)C[C@H]1O. The van der Waals surface area contributed by atoms with Crippen molar-refractivity contribution in [1.29, 1.82) is 0 Å². The number of nitrogens with zero attached hydrogens (tertiary/aromatic N) is 1. The van der Waals surface area contributed by atoms with E-state index in [1.54, 1.807) is 12.4 Å². The first kappa shape index (κ1) is 20.1. The van der Waals surface area contributed by atoms with Crippen LogP contribution in [-0.2, 0) is 11.2 Å². The highest BCUT2D eigenvalue weighted by Gasteiger charge is 2.30. The maximum atomic E-state index is 12.0. The normalized spacial score (nSPS) is 24.4. The molecule has 0 aliphatic heterocycles. The Morgan fingerprint density at radius 2 is 2.00 bits per heavy atom. The van der Waals surface area contributed by atoms with E-state index in [0.717, 1.165) is 18.4 Å². The number of aromatic nitrogens is 1. The molecule has 5 nitrogen and oxygen atoms in total. The van der Waals surface area contributed by atoms with Gasteiger partial charge in [-0.05, 0) is 43.4 Å². The molecule has 21 heavy (non-hydrogen) atoms. The van der Waals surface area contributed by atoms with Crippen molar-refractivity contribution in [1.82, 2.24) is 10.3 Å². The minimum absolute atomic E-state index is 0. The second-order valence-corrected chi connectivity index (χ2v) is 5.14. The van der Waals surface area contributed by atoms with Crippen LogP contribution < -0.4 is 11.1 Å². The molecule has 1 amide bonds. The quantitative estimate of drug-likeness (QED) is 0.767. The van der Waals surface area contributed by atoms with Crippen LogP contribution >= 0.6 is 24.8 Å². The monoisotopic (exact) mass is 335 g/mol. The van der Waals surface area contributed by atoms with Crippen LogP contribution in [0.4, 0.5) is 0 Å². The van der Waals surface area contributed by atoms with Crippen LogP contribution in [0, 0.1) is 5.92 Å². The number of aliphatic hydroxyl groups is 1. The summed E-state index contributed by atoms with van der Waals surface area (Å²) in [5.41, 5.74) is 6.88. The molecule has 1 heterocycles. The van der Waals surface area contributed by atoms with E-state index in [4.69, 9.17) is 5.73 Å². The standard InChI is InChI=1S/C14H21N3O2.2ClH/c15-12-2-1-11(9-13(12)18)14(19)17-8-5-10-3-6-16-7-4-10;;/h3-4,6-7,11-13,18H,1-2,5,8-9,15H2,(H,17,19);2*1H/t11-,12+,13+;;/m0../s1. The Bertz CT molecular complexity index is 420. The van der Waals surface area contributed by atoms with E-state index in [1.807, 2.05) is 12.1 Å². The zero-order chi connectivity index (χ0) is 13.7. The number of carbonyl (C=O) groups excluding carboxylic acids is 1. The topological polar surface area (TPSA) is 88.2 Å². The van der Waals surface area contributed by atoms with E-state index >= 15 is 0 Å². The fourth-order valence-corrected chi connectivity index (χ4v) is 2.43. The number of nitrogens with one attached hydrogen (secondary N) is 1. The number of aliphatic hydroxyl groups excluding tert-OH is 1. The van der Waals surface area contributed by atoms with Gasteiger partial charge >= 0.3 is 0 Å². The van der Waals surface area contributed by atoms with Gasteiger partial charge in [0.1, 0.15) is 0 Å². The number of hydrogen-bond acceptors (Lipinski definition) is 4. The average Bonchev–Trinajstić information content (AvgIpc) is 2.43. The zero-order valence-corrected chi connectivity index (χ0v) is 13.4. The first-order valence-corrected chi connectivity index (χ1v) is 6.77. The predicted octanol–water partition coefficient (Wildman–Crippen LogP) is 1.07. The van der Waals surface area contributed by atoms with Gasteiger partial charge in [-0.1, -0.05) is 0 Å². The third-order valence-corrected chi connectivity index (χ3v) is 3.70. The summed E-state index contributed by atoms with van der Waals surface area (Å²) in [6, 6.07) is 3.70. The fourth-order valence-electron chi connectivity index (χ4n) is 2.43. The molecular weight excluding hydrogens is 313 g/mol. The third-order valence-electron chi connectivity index (χ3n) is 3.70. The van der Waals surface area contributed by atoms with E-state index in [1.165, 1.54) is 0 Å². The van der Waals surface area contributed by atoms with Gasteiger partial charge < -0.3 is 16.2 Å². The Morgan fingerprint density at radius 3 is 2.62 bits per heavy atom. The molecular formula is C14H23Cl2N3O2. The lowest BCUT2D eigenvalue weighted by Gasteiger charge is -2.29. The van der Waals surface area contributed by atoms with Crippen LogP contribution in [0.3, 0.4) is 0 Å². The van der Waals surface area contributed by atoms with Crippen LogP contribution in [0.15, 0.2) is 24.5 Å². The molecule has 0 aromatic carbocycles. The van der Waals surface area contributed by atoms with Crippen molar-refractivity contribution in [3.63, 3.8) is 0 Å². The van der Waals surface area contributed by atoms with E-state index in [2.05, 4.69) is 10.3 Å². The summed E-state index contributed by atoms with van der Waals surface area (Å²) < 4.78 is 0. The molecule has 0 radical (unpaired) electrons. The van der Waals surface area contributed by atoms with Gasteiger partial charge in [0.25, 0.3) is 0 Å². The predicted molar refractivity (Wildman–Crippen MR) is 86.8 cm³/mol. The fraction of sp³-hybridized carbons (Fsp3) is 0.571. The summed E-state index contributed by atoms with van der Waals surface area (Å²) in [4.78, 5) is 15.9. The molecule has 0 bridgehead atoms. The molecule has 4 N–H and O–H groups in total. The minimum atomic E-state index is -0.551. The molecule has 2 rings (SSSR count). The van der Waals surface area contributed by atoms with Crippen molar-refractivity contribution in [3.05, 3.63) is 30.1 Å². The second kappa shape index (κ2) is 9.95. The maximum absolute atomic E-state index is 12.0. The van der Waals surface area contributed by atoms with E-state index in [-0.39, 0.29) is 42.7 Å². The summed E-state index contributed by atoms with van der Waals surface area (Å²) in [5, 5.41) is 12.6. The number of amides is 1. The Kier molecular flexibility index (Phi) is 9.53. The second-order valence-electron chi connectivity index (χ2n) is 5.14. The molecule has 1 aliphatic carbocycles. The lowest BCUT2D eigenvalue weighted by molar-refractivity contribution is -0.127. The summed E-state index contributed by atoms with van der Waals surface area (Å²) >= 11 is 0. The first-order valence-electron chi connectivity index (χ1n) is 6.77. The van der Waals surface area contributed by atoms with Gasteiger partial charge in [-0.15, -0.1) is 24.8 Å². The number of hydrogen-bond donors (Lipinski definition) is 3. The Balaban J connectivity index is 0.00000200. The van der Waals surface area contributed by atoms with Gasteiger partial charge in [-0.3, -0.25) is 9.78 Å². The molecule has 0 unspecified atom stereocenters. The Morgan fingerprint density at radius 1 is 1.33 bits per heavy atom. The molecule has 1 aromatic rings. The number of pyridine rings is 1. The lowest BCUT2D eigenvalue weighted by atomic mass is 9.84. The summed E-state index contributed by atoms with van der Waals surface area (Å²) in [7, 11) is 0. The number of carbonyl (C=O) groups is 1.